The molecule has 0 aliphatic carbocycles. The standard InChI is InChI=1S/C45H30N4/c1-4-15-31(16-5-1)36-28-37(30-38(29-36)49-41-25-12-10-23-39(41)40-24-11-13-26-42(40)49)34-21-14-22-35(27-34)45-47-43(32-17-6-2-7-18-32)46-44(48-45)33-19-8-3-9-20-33/h1-30H/i10D,11D,12D,13D,23D,24D,25D,26D. The zero-order chi connectivity index (χ0) is 39.5. The summed E-state index contributed by atoms with van der Waals surface area (Å²) in [6.45, 7) is 0. The molecule has 0 aliphatic heterocycles. The molecular formula is C45H30N4. The van der Waals surface area contributed by atoms with E-state index in [1.165, 1.54) is 0 Å². The summed E-state index contributed by atoms with van der Waals surface area (Å²) in [6, 6.07) is 39.3. The Balaban J connectivity index is 1.31. The molecular weight excluding hydrogens is 597 g/mol. The quantitative estimate of drug-likeness (QED) is 0.183. The van der Waals surface area contributed by atoms with Crippen molar-refractivity contribution in [3.63, 3.8) is 0 Å². The number of hydrogen-bond donors (Lipinski definition) is 0. The molecule has 0 amide bonds. The van der Waals surface area contributed by atoms with Crippen LogP contribution in [0.5, 0.6) is 0 Å². The fraction of sp³-hybridized carbons (Fsp3) is 0. The number of nitrogens with zero attached hydrogens (tertiary/aromatic N) is 4. The second-order valence-electron chi connectivity index (χ2n) is 11.5. The number of para-hydroxylation sites is 2. The van der Waals surface area contributed by atoms with Gasteiger partial charge in [0.15, 0.2) is 17.5 Å². The summed E-state index contributed by atoms with van der Waals surface area (Å²) < 4.78 is 71.6. The molecule has 49 heavy (non-hydrogen) atoms. The van der Waals surface area contributed by atoms with Gasteiger partial charge in [-0.2, -0.15) is 0 Å². The van der Waals surface area contributed by atoms with E-state index >= 15 is 0 Å². The highest BCUT2D eigenvalue weighted by atomic mass is 15.0. The van der Waals surface area contributed by atoms with Gasteiger partial charge in [-0.25, -0.2) is 15.0 Å². The predicted molar refractivity (Wildman–Crippen MR) is 201 cm³/mol. The highest BCUT2D eigenvalue weighted by Gasteiger charge is 2.16. The number of aromatic nitrogens is 4. The first-order valence-corrected chi connectivity index (χ1v) is 15.8. The van der Waals surface area contributed by atoms with E-state index in [0.717, 1.165) is 38.9 Å². The second kappa shape index (κ2) is 12.2. The average Bonchev–Trinajstić information content (AvgIpc) is 3.63. The molecule has 7 aromatic carbocycles. The van der Waals surface area contributed by atoms with Crippen LogP contribution in [-0.2, 0) is 0 Å². The molecule has 230 valence electrons. The van der Waals surface area contributed by atoms with Crippen LogP contribution in [0.4, 0.5) is 0 Å². The lowest BCUT2D eigenvalue weighted by Crippen LogP contribution is -2.00. The summed E-state index contributed by atoms with van der Waals surface area (Å²) in [6.07, 6.45) is 0. The zero-order valence-electron chi connectivity index (χ0n) is 34.0. The molecule has 2 heterocycles. The van der Waals surface area contributed by atoms with Gasteiger partial charge in [-0.05, 0) is 58.6 Å². The van der Waals surface area contributed by atoms with Gasteiger partial charge in [-0.3, -0.25) is 0 Å². The highest BCUT2D eigenvalue weighted by molar-refractivity contribution is 6.09. The van der Waals surface area contributed by atoms with Gasteiger partial charge in [0.1, 0.15) is 0 Å². The van der Waals surface area contributed by atoms with Gasteiger partial charge in [0.05, 0.1) is 22.0 Å². The lowest BCUT2D eigenvalue weighted by Gasteiger charge is -2.15. The summed E-state index contributed by atoms with van der Waals surface area (Å²) in [7, 11) is 0. The Morgan fingerprint density at radius 3 is 1.33 bits per heavy atom. The number of benzene rings is 7. The van der Waals surface area contributed by atoms with Crippen LogP contribution in [0.1, 0.15) is 11.0 Å². The number of rotatable bonds is 6. The molecule has 9 rings (SSSR count). The topological polar surface area (TPSA) is 43.6 Å². The first kappa shape index (κ1) is 21.3. The molecule has 0 unspecified atom stereocenters. The van der Waals surface area contributed by atoms with Crippen LogP contribution in [0.2, 0.25) is 0 Å². The molecule has 0 aliphatic rings. The van der Waals surface area contributed by atoms with E-state index in [4.69, 9.17) is 25.9 Å². The highest BCUT2D eigenvalue weighted by Crippen LogP contribution is 2.37. The van der Waals surface area contributed by atoms with Gasteiger partial charge in [0, 0.05) is 33.2 Å². The van der Waals surface area contributed by atoms with Crippen LogP contribution >= 0.6 is 0 Å². The van der Waals surface area contributed by atoms with Crippen LogP contribution < -0.4 is 0 Å². The summed E-state index contributed by atoms with van der Waals surface area (Å²) in [4.78, 5) is 14.7. The van der Waals surface area contributed by atoms with Crippen molar-refractivity contribution in [2.24, 2.45) is 0 Å². The Morgan fingerprint density at radius 1 is 0.367 bits per heavy atom. The minimum atomic E-state index is -0.487. The lowest BCUT2D eigenvalue weighted by atomic mass is 9.96. The van der Waals surface area contributed by atoms with Crippen molar-refractivity contribution in [3.05, 3.63) is 182 Å². The van der Waals surface area contributed by atoms with Crippen molar-refractivity contribution < 1.29 is 11.0 Å². The number of fused-ring (bicyclic) bond motifs is 3. The molecule has 2 aromatic heterocycles. The van der Waals surface area contributed by atoms with E-state index < -0.39 is 24.2 Å². The maximum absolute atomic E-state index is 9.07. The minimum Gasteiger partial charge on any atom is -0.309 e. The fourth-order valence-electron chi connectivity index (χ4n) is 6.16. The molecule has 4 heteroatoms. The van der Waals surface area contributed by atoms with E-state index in [2.05, 4.69) is 0 Å². The van der Waals surface area contributed by atoms with Crippen molar-refractivity contribution >= 4 is 21.8 Å². The maximum atomic E-state index is 9.07. The third-order valence-electron chi connectivity index (χ3n) is 8.47. The SMILES string of the molecule is [2H]c1c([2H])c([2H])c2c(c1[2H])c1c([2H])c([2H])c([2H])c([2H])c1n2-c1cc(-c2ccccc2)cc(-c2cccc(-c3nc(-c4ccccc4)nc(-c4ccccc4)n3)c2)c1. The first-order chi connectivity index (χ1) is 27.6. The maximum Gasteiger partial charge on any atom is 0.164 e. The summed E-state index contributed by atoms with van der Waals surface area (Å²) >= 11 is 0. The predicted octanol–water partition coefficient (Wildman–Crippen LogP) is 11.3. The van der Waals surface area contributed by atoms with Gasteiger partial charge < -0.3 is 4.57 Å². The molecule has 0 bridgehead atoms. The van der Waals surface area contributed by atoms with Gasteiger partial charge in [0.2, 0.25) is 0 Å². The van der Waals surface area contributed by atoms with Gasteiger partial charge in [-0.15, -0.1) is 0 Å². The van der Waals surface area contributed by atoms with Crippen molar-refractivity contribution in [2.75, 3.05) is 0 Å². The fourth-order valence-corrected chi connectivity index (χ4v) is 6.16. The Morgan fingerprint density at radius 2 is 0.776 bits per heavy atom. The summed E-state index contributed by atoms with van der Waals surface area (Å²) in [5.41, 5.74) is 6.17. The van der Waals surface area contributed by atoms with Gasteiger partial charge in [0.25, 0.3) is 0 Å². The van der Waals surface area contributed by atoms with Crippen LogP contribution in [-0.4, -0.2) is 19.5 Å². The average molecular weight is 635 g/mol. The van der Waals surface area contributed by atoms with E-state index in [0.29, 0.717) is 23.2 Å². The van der Waals surface area contributed by atoms with Crippen LogP contribution in [0.25, 0.3) is 83.9 Å². The smallest absolute Gasteiger partial charge is 0.164 e. The molecule has 9 aromatic rings. The van der Waals surface area contributed by atoms with Crippen molar-refractivity contribution in [3.8, 4) is 62.1 Å². The van der Waals surface area contributed by atoms with Crippen molar-refractivity contribution in [1.29, 1.82) is 0 Å². The van der Waals surface area contributed by atoms with Crippen molar-refractivity contribution in [2.45, 2.75) is 0 Å². The Kier molecular flexibility index (Phi) is 5.29. The number of hydrogen-bond acceptors (Lipinski definition) is 3. The molecule has 0 N–H and O–H groups in total. The first-order valence-electron chi connectivity index (χ1n) is 19.8. The molecule has 4 nitrogen and oxygen atoms in total. The third kappa shape index (κ3) is 5.35. The summed E-state index contributed by atoms with van der Waals surface area (Å²) in [5, 5.41) is 0.0462. The Labute approximate surface area is 295 Å². The monoisotopic (exact) mass is 634 g/mol. The Hall–Kier alpha value is -6.65. The van der Waals surface area contributed by atoms with Crippen LogP contribution in [0, 0.1) is 0 Å². The molecule has 0 atom stereocenters. The normalized spacial score (nSPS) is 13.6. The molecule has 0 fully saturated rings. The largest absolute Gasteiger partial charge is 0.309 e. The van der Waals surface area contributed by atoms with E-state index in [-0.39, 0.29) is 46.0 Å². The molecule has 0 saturated heterocycles. The van der Waals surface area contributed by atoms with E-state index in [1.54, 1.807) is 4.57 Å². The molecule has 0 spiro atoms. The lowest BCUT2D eigenvalue weighted by molar-refractivity contribution is 1.07. The molecule has 0 saturated carbocycles. The van der Waals surface area contributed by atoms with E-state index in [1.807, 2.05) is 133 Å². The van der Waals surface area contributed by atoms with E-state index in [9.17, 15) is 0 Å². The van der Waals surface area contributed by atoms with Gasteiger partial charge >= 0.3 is 0 Å². The third-order valence-corrected chi connectivity index (χ3v) is 8.47. The van der Waals surface area contributed by atoms with Gasteiger partial charge in [-0.1, -0.05) is 145 Å². The zero-order valence-corrected chi connectivity index (χ0v) is 26.0. The second-order valence-corrected chi connectivity index (χ2v) is 11.5. The van der Waals surface area contributed by atoms with Crippen LogP contribution in [0.3, 0.4) is 0 Å². The summed E-state index contributed by atoms with van der Waals surface area (Å²) in [5.74, 6) is 1.52. The van der Waals surface area contributed by atoms with Crippen molar-refractivity contribution in [1.82, 2.24) is 19.5 Å². The molecule has 0 radical (unpaired) electrons. The Bertz CT molecular complexity index is 2910. The minimum absolute atomic E-state index is 0.0231. The van der Waals surface area contributed by atoms with Crippen LogP contribution in [0.15, 0.2) is 182 Å².